The summed E-state index contributed by atoms with van der Waals surface area (Å²) in [6.45, 7) is 2.54. The fourth-order valence-corrected chi connectivity index (χ4v) is 4.28. The molecule has 2 aliphatic heterocycles. The molecule has 0 spiro atoms. The lowest BCUT2D eigenvalue weighted by Gasteiger charge is -2.28. The van der Waals surface area contributed by atoms with Crippen molar-refractivity contribution in [3.05, 3.63) is 39.4 Å². The van der Waals surface area contributed by atoms with Crippen molar-refractivity contribution in [1.29, 1.82) is 0 Å². The van der Waals surface area contributed by atoms with Crippen LogP contribution < -0.4 is 10.3 Å². The van der Waals surface area contributed by atoms with Crippen LogP contribution in [0, 0.1) is 5.82 Å². The lowest BCUT2D eigenvalue weighted by molar-refractivity contribution is 0.0694. The number of hydrogen-bond donors (Lipinski definition) is 2. The molecule has 3 heterocycles. The number of aliphatic hydroxyl groups is 1. The molecule has 4 rings (SSSR count). The Labute approximate surface area is 143 Å². The number of pyridine rings is 1. The van der Waals surface area contributed by atoms with E-state index in [4.69, 9.17) is 0 Å². The van der Waals surface area contributed by atoms with E-state index in [2.05, 4.69) is 0 Å². The number of rotatable bonds is 3. The second-order valence-electron chi connectivity index (χ2n) is 6.89. The Balaban J connectivity index is 2.04. The zero-order valence-electron chi connectivity index (χ0n) is 13.8. The highest BCUT2D eigenvalue weighted by Crippen LogP contribution is 2.41. The lowest BCUT2D eigenvalue weighted by Crippen LogP contribution is -2.33. The van der Waals surface area contributed by atoms with Gasteiger partial charge in [0.05, 0.1) is 23.9 Å². The molecular weight excluding hydrogens is 327 g/mol. The Morgan fingerprint density at radius 1 is 1.44 bits per heavy atom. The molecule has 0 aliphatic carbocycles. The van der Waals surface area contributed by atoms with Gasteiger partial charge < -0.3 is 19.7 Å². The smallest absolute Gasteiger partial charge is 0.341 e. The van der Waals surface area contributed by atoms with Crippen LogP contribution in [-0.2, 0) is 6.42 Å². The normalized spacial score (nSPS) is 22.1. The van der Waals surface area contributed by atoms with E-state index in [1.165, 1.54) is 6.20 Å². The van der Waals surface area contributed by atoms with Gasteiger partial charge in [-0.05, 0) is 32.3 Å². The van der Waals surface area contributed by atoms with Crippen molar-refractivity contribution in [1.82, 2.24) is 4.57 Å². The molecule has 2 atom stereocenters. The average molecular weight is 346 g/mol. The van der Waals surface area contributed by atoms with Gasteiger partial charge in [0.1, 0.15) is 11.4 Å². The van der Waals surface area contributed by atoms with E-state index in [1.54, 1.807) is 4.57 Å². The number of aliphatic hydroxyl groups excluding tert-OH is 1. The number of benzene rings is 1. The van der Waals surface area contributed by atoms with Crippen molar-refractivity contribution in [2.24, 2.45) is 0 Å². The summed E-state index contributed by atoms with van der Waals surface area (Å²) in [5.74, 6) is -1.83. The van der Waals surface area contributed by atoms with Gasteiger partial charge in [0.25, 0.3) is 0 Å². The van der Waals surface area contributed by atoms with Crippen LogP contribution in [-0.4, -0.2) is 39.9 Å². The summed E-state index contributed by atoms with van der Waals surface area (Å²) in [5.41, 5.74) is 0.803. The minimum absolute atomic E-state index is 0.0444. The number of nitrogens with zero attached hydrogens (tertiary/aromatic N) is 2. The Morgan fingerprint density at radius 2 is 2.20 bits per heavy atom. The van der Waals surface area contributed by atoms with Crippen LogP contribution in [0.15, 0.2) is 17.1 Å². The van der Waals surface area contributed by atoms with Crippen LogP contribution in [0.2, 0.25) is 0 Å². The standard InChI is InChI=1S/C18H19FN2O4/c1-9-5-11-15-12(17(23)13(18(24)25)7-21(9)15)6-14(19)16(11)20-4-2-3-10(20)8-22/h6-7,9-10,22H,2-5,8H2,1H3,(H,24,25). The third-order valence-electron chi connectivity index (χ3n) is 5.42. The Bertz CT molecular complexity index is 952. The Hall–Kier alpha value is -2.41. The van der Waals surface area contributed by atoms with E-state index in [0.717, 1.165) is 24.5 Å². The number of carbonyl (C=O) groups is 1. The van der Waals surface area contributed by atoms with Crippen LogP contribution in [0.3, 0.4) is 0 Å². The number of carboxylic acids is 1. The van der Waals surface area contributed by atoms with E-state index in [9.17, 15) is 24.2 Å². The molecule has 6 nitrogen and oxygen atoms in total. The predicted octanol–water partition coefficient (Wildman–Crippen LogP) is 1.92. The molecule has 2 aromatic rings. The topological polar surface area (TPSA) is 82.8 Å². The van der Waals surface area contributed by atoms with Crippen molar-refractivity contribution >= 4 is 22.6 Å². The molecule has 1 aromatic carbocycles. The second-order valence-corrected chi connectivity index (χ2v) is 6.89. The van der Waals surface area contributed by atoms with Gasteiger partial charge in [-0.15, -0.1) is 0 Å². The highest BCUT2D eigenvalue weighted by atomic mass is 19.1. The Morgan fingerprint density at radius 3 is 2.88 bits per heavy atom. The first-order valence-electron chi connectivity index (χ1n) is 8.45. The molecule has 0 saturated carbocycles. The number of aromatic carboxylic acids is 1. The van der Waals surface area contributed by atoms with Crippen LogP contribution in [0.4, 0.5) is 10.1 Å². The molecule has 25 heavy (non-hydrogen) atoms. The number of halogens is 1. The lowest BCUT2D eigenvalue weighted by atomic mass is 10.0. The highest BCUT2D eigenvalue weighted by Gasteiger charge is 2.34. The van der Waals surface area contributed by atoms with E-state index in [0.29, 0.717) is 24.2 Å². The fourth-order valence-electron chi connectivity index (χ4n) is 4.28. The zero-order chi connectivity index (χ0) is 17.9. The van der Waals surface area contributed by atoms with Crippen molar-refractivity contribution in [2.45, 2.75) is 38.3 Å². The summed E-state index contributed by atoms with van der Waals surface area (Å²) in [5, 5.41) is 19.0. The molecule has 1 fully saturated rings. The summed E-state index contributed by atoms with van der Waals surface area (Å²) in [6, 6.07) is 0.967. The minimum Gasteiger partial charge on any atom is -0.477 e. The van der Waals surface area contributed by atoms with Crippen LogP contribution in [0.25, 0.3) is 10.9 Å². The van der Waals surface area contributed by atoms with E-state index >= 15 is 0 Å². The number of hydrogen-bond acceptors (Lipinski definition) is 4. The van der Waals surface area contributed by atoms with Crippen molar-refractivity contribution < 1.29 is 19.4 Å². The van der Waals surface area contributed by atoms with Crippen molar-refractivity contribution in [3.8, 4) is 0 Å². The SMILES string of the molecule is CC1Cc2c(N3CCCC3CO)c(F)cc3c(=O)c(C(=O)O)cn1c23. The molecule has 0 radical (unpaired) electrons. The number of carboxylic acid groups (broad SMARTS) is 1. The predicted molar refractivity (Wildman–Crippen MR) is 91.0 cm³/mol. The quantitative estimate of drug-likeness (QED) is 0.887. The largest absolute Gasteiger partial charge is 0.477 e. The molecule has 132 valence electrons. The number of anilines is 1. The third kappa shape index (κ3) is 2.18. The van der Waals surface area contributed by atoms with Gasteiger partial charge in [0.15, 0.2) is 0 Å². The first kappa shape index (κ1) is 16.1. The van der Waals surface area contributed by atoms with Crippen LogP contribution >= 0.6 is 0 Å². The third-order valence-corrected chi connectivity index (χ3v) is 5.42. The van der Waals surface area contributed by atoms with Crippen molar-refractivity contribution in [3.63, 3.8) is 0 Å². The van der Waals surface area contributed by atoms with Gasteiger partial charge in [0.2, 0.25) is 5.43 Å². The average Bonchev–Trinajstić information content (AvgIpc) is 3.15. The maximum atomic E-state index is 15.0. The van der Waals surface area contributed by atoms with Gasteiger partial charge in [-0.3, -0.25) is 4.79 Å². The molecule has 2 aliphatic rings. The summed E-state index contributed by atoms with van der Waals surface area (Å²) >= 11 is 0. The van der Waals surface area contributed by atoms with Gasteiger partial charge in [0, 0.05) is 29.7 Å². The molecule has 7 heteroatoms. The summed E-state index contributed by atoms with van der Waals surface area (Å²) in [6.07, 6.45) is 3.57. The number of aromatic nitrogens is 1. The first-order valence-corrected chi connectivity index (χ1v) is 8.45. The van der Waals surface area contributed by atoms with Gasteiger partial charge in [-0.2, -0.15) is 0 Å². The molecule has 2 unspecified atom stereocenters. The highest BCUT2D eigenvalue weighted by molar-refractivity contribution is 5.96. The molecule has 1 aromatic heterocycles. The minimum atomic E-state index is -1.30. The Kier molecular flexibility index (Phi) is 3.57. The van der Waals surface area contributed by atoms with Crippen molar-refractivity contribution in [2.75, 3.05) is 18.1 Å². The monoisotopic (exact) mass is 346 g/mol. The van der Waals surface area contributed by atoms with Gasteiger partial charge in [-0.1, -0.05) is 0 Å². The van der Waals surface area contributed by atoms with E-state index < -0.39 is 17.2 Å². The summed E-state index contributed by atoms with van der Waals surface area (Å²) in [4.78, 5) is 25.7. The molecule has 0 bridgehead atoms. The maximum absolute atomic E-state index is 15.0. The van der Waals surface area contributed by atoms with Gasteiger partial charge >= 0.3 is 5.97 Å². The van der Waals surface area contributed by atoms with E-state index in [-0.39, 0.29) is 29.6 Å². The maximum Gasteiger partial charge on any atom is 0.341 e. The second kappa shape index (κ2) is 5.56. The van der Waals surface area contributed by atoms with Gasteiger partial charge in [-0.25, -0.2) is 9.18 Å². The summed E-state index contributed by atoms with van der Waals surface area (Å²) < 4.78 is 16.7. The molecule has 0 amide bonds. The van der Waals surface area contributed by atoms with E-state index in [1.807, 2.05) is 11.8 Å². The van der Waals surface area contributed by atoms with Crippen LogP contribution in [0.1, 0.15) is 41.7 Å². The molecular formula is C18H19FN2O4. The molecule has 2 N–H and O–H groups in total. The first-order chi connectivity index (χ1) is 11.9. The fraction of sp³-hybridized carbons (Fsp3) is 0.444. The molecule has 1 saturated heterocycles. The van der Waals surface area contributed by atoms with Crippen LogP contribution in [0.5, 0.6) is 0 Å². The zero-order valence-corrected chi connectivity index (χ0v) is 13.8. The summed E-state index contributed by atoms with van der Waals surface area (Å²) in [7, 11) is 0.